The Balaban J connectivity index is 2.32. The average Bonchev–Trinajstić information content (AvgIpc) is 2.29. The van der Waals surface area contributed by atoms with Gasteiger partial charge in [0.2, 0.25) is 0 Å². The van der Waals surface area contributed by atoms with E-state index in [0.29, 0.717) is 6.42 Å². The van der Waals surface area contributed by atoms with Crippen molar-refractivity contribution in [2.24, 2.45) is 11.8 Å². The first-order chi connectivity index (χ1) is 5.70. The van der Waals surface area contributed by atoms with Gasteiger partial charge in [-0.1, -0.05) is 12.2 Å². The topological polar surface area (TPSA) is 43.4 Å². The van der Waals surface area contributed by atoms with Gasteiger partial charge in [0.1, 0.15) is 0 Å². The Kier molecular flexibility index (Phi) is 1.68. The van der Waals surface area contributed by atoms with E-state index in [-0.39, 0.29) is 11.3 Å². The number of carbonyl (C=O) groups excluding carboxylic acids is 2. The van der Waals surface area contributed by atoms with Crippen molar-refractivity contribution in [2.45, 2.75) is 11.8 Å². The van der Waals surface area contributed by atoms with Crippen LogP contribution in [0.25, 0.3) is 0 Å². The van der Waals surface area contributed by atoms with E-state index < -0.39 is 17.9 Å². The molecule has 0 aromatic rings. The zero-order chi connectivity index (χ0) is 8.72. The van der Waals surface area contributed by atoms with Gasteiger partial charge in [0, 0.05) is 0 Å². The van der Waals surface area contributed by atoms with E-state index in [1.165, 1.54) is 0 Å². The van der Waals surface area contributed by atoms with Gasteiger partial charge in [0.05, 0.1) is 17.2 Å². The van der Waals surface area contributed by atoms with Crippen LogP contribution in [-0.4, -0.2) is 17.3 Å². The monoisotopic (exact) mass is 186 g/mol. The molecular weight excluding hydrogens is 180 g/mol. The Labute approximate surface area is 74.3 Å². The molecule has 0 spiro atoms. The van der Waals surface area contributed by atoms with Gasteiger partial charge in [-0.25, -0.2) is 0 Å². The van der Waals surface area contributed by atoms with Crippen LogP contribution >= 0.6 is 11.6 Å². The van der Waals surface area contributed by atoms with Crippen LogP contribution in [0.3, 0.4) is 0 Å². The van der Waals surface area contributed by atoms with Gasteiger partial charge < -0.3 is 4.74 Å². The van der Waals surface area contributed by atoms with Gasteiger partial charge in [-0.15, -0.1) is 11.6 Å². The Morgan fingerprint density at radius 1 is 1.42 bits per heavy atom. The number of hydrogen-bond acceptors (Lipinski definition) is 3. The van der Waals surface area contributed by atoms with E-state index in [1.807, 2.05) is 6.08 Å². The molecule has 3 unspecified atom stereocenters. The van der Waals surface area contributed by atoms with E-state index in [2.05, 4.69) is 4.74 Å². The summed E-state index contributed by atoms with van der Waals surface area (Å²) < 4.78 is 4.48. The van der Waals surface area contributed by atoms with E-state index >= 15 is 0 Å². The molecule has 0 amide bonds. The summed E-state index contributed by atoms with van der Waals surface area (Å²) in [5.74, 6) is -1.71. The average molecular weight is 187 g/mol. The van der Waals surface area contributed by atoms with Gasteiger partial charge in [-0.2, -0.15) is 0 Å². The number of rotatable bonds is 0. The molecule has 1 heterocycles. The SMILES string of the molecule is O=C1OC(=O)C2C(Cl)C=CCC12. The normalized spacial score (nSPS) is 39.6. The third-order valence-electron chi connectivity index (χ3n) is 2.26. The molecule has 64 valence electrons. The highest BCUT2D eigenvalue weighted by molar-refractivity contribution is 6.24. The van der Waals surface area contributed by atoms with Crippen molar-refractivity contribution >= 4 is 23.5 Å². The van der Waals surface area contributed by atoms with Crippen LogP contribution in [0.1, 0.15) is 6.42 Å². The molecule has 0 N–H and O–H groups in total. The molecule has 0 saturated carbocycles. The predicted molar refractivity (Wildman–Crippen MR) is 41.5 cm³/mol. The molecule has 3 nitrogen and oxygen atoms in total. The Morgan fingerprint density at radius 3 is 2.83 bits per heavy atom. The molecule has 1 saturated heterocycles. The van der Waals surface area contributed by atoms with Crippen LogP contribution < -0.4 is 0 Å². The zero-order valence-electron chi connectivity index (χ0n) is 6.20. The molecule has 12 heavy (non-hydrogen) atoms. The lowest BCUT2D eigenvalue weighted by Gasteiger charge is -2.18. The number of allylic oxidation sites excluding steroid dienone is 2. The van der Waals surface area contributed by atoms with E-state index in [1.54, 1.807) is 6.08 Å². The maximum atomic E-state index is 11.1. The maximum absolute atomic E-state index is 11.1. The van der Waals surface area contributed by atoms with Crippen molar-refractivity contribution in [3.8, 4) is 0 Å². The van der Waals surface area contributed by atoms with Gasteiger partial charge in [0.15, 0.2) is 0 Å². The third kappa shape index (κ3) is 0.966. The molecule has 0 bridgehead atoms. The summed E-state index contributed by atoms with van der Waals surface area (Å²) in [6.45, 7) is 0. The quantitative estimate of drug-likeness (QED) is 0.244. The Bertz CT molecular complexity index is 271. The minimum Gasteiger partial charge on any atom is -0.393 e. The molecule has 1 aliphatic carbocycles. The summed E-state index contributed by atoms with van der Waals surface area (Å²) >= 11 is 5.84. The van der Waals surface area contributed by atoms with E-state index in [0.717, 1.165) is 0 Å². The molecule has 4 heteroatoms. The molecule has 0 aromatic carbocycles. The van der Waals surface area contributed by atoms with E-state index in [4.69, 9.17) is 11.6 Å². The Morgan fingerprint density at radius 2 is 2.17 bits per heavy atom. The van der Waals surface area contributed by atoms with E-state index in [9.17, 15) is 9.59 Å². The Hall–Kier alpha value is -0.830. The lowest BCUT2D eigenvalue weighted by Crippen LogP contribution is -2.28. The summed E-state index contributed by atoms with van der Waals surface area (Å²) in [5.41, 5.74) is 0. The maximum Gasteiger partial charge on any atom is 0.319 e. The molecule has 1 aliphatic heterocycles. The molecule has 2 aliphatic rings. The first-order valence-corrected chi connectivity index (χ1v) is 4.20. The number of cyclic esters (lactones) is 2. The van der Waals surface area contributed by atoms with Gasteiger partial charge in [-0.05, 0) is 6.42 Å². The van der Waals surface area contributed by atoms with Gasteiger partial charge >= 0.3 is 11.9 Å². The summed E-state index contributed by atoms with van der Waals surface area (Å²) in [4.78, 5) is 22.1. The minimum atomic E-state index is -0.477. The molecule has 0 aromatic heterocycles. The number of halogens is 1. The lowest BCUT2D eigenvalue weighted by atomic mass is 9.85. The number of esters is 2. The number of fused-ring (bicyclic) bond motifs is 1. The van der Waals surface area contributed by atoms with Crippen LogP contribution in [0.2, 0.25) is 0 Å². The van der Waals surface area contributed by atoms with Crippen molar-refractivity contribution in [3.63, 3.8) is 0 Å². The van der Waals surface area contributed by atoms with Gasteiger partial charge in [-0.3, -0.25) is 9.59 Å². The summed E-state index contributed by atoms with van der Waals surface area (Å²) in [5, 5.41) is -0.386. The van der Waals surface area contributed by atoms with Crippen LogP contribution in [0, 0.1) is 11.8 Å². The van der Waals surface area contributed by atoms with Crippen molar-refractivity contribution in [1.82, 2.24) is 0 Å². The fraction of sp³-hybridized carbons (Fsp3) is 0.500. The van der Waals surface area contributed by atoms with Crippen molar-refractivity contribution in [2.75, 3.05) is 0 Å². The largest absolute Gasteiger partial charge is 0.393 e. The van der Waals surface area contributed by atoms with Crippen LogP contribution in [0.4, 0.5) is 0 Å². The second-order valence-corrected chi connectivity index (χ2v) is 3.48. The number of alkyl halides is 1. The first kappa shape index (κ1) is 7.80. The summed E-state index contributed by atoms with van der Waals surface area (Å²) in [6, 6.07) is 0. The standard InChI is InChI=1S/C8H7ClO3/c9-5-3-1-2-4-6(5)8(11)12-7(4)10/h1,3-6H,2H2. The minimum absolute atomic E-state index is 0.343. The molecule has 1 fully saturated rings. The predicted octanol–water partition coefficient (Wildman–Crippen LogP) is 0.869. The third-order valence-corrected chi connectivity index (χ3v) is 2.68. The fourth-order valence-corrected chi connectivity index (χ4v) is 2.00. The second kappa shape index (κ2) is 2.59. The lowest BCUT2D eigenvalue weighted by molar-refractivity contribution is -0.153. The van der Waals surface area contributed by atoms with Crippen molar-refractivity contribution < 1.29 is 14.3 Å². The summed E-state index contributed by atoms with van der Waals surface area (Å²) in [6.07, 6.45) is 4.12. The van der Waals surface area contributed by atoms with Crippen molar-refractivity contribution in [1.29, 1.82) is 0 Å². The highest BCUT2D eigenvalue weighted by Crippen LogP contribution is 2.35. The molecular formula is C8H7ClO3. The van der Waals surface area contributed by atoms with Crippen molar-refractivity contribution in [3.05, 3.63) is 12.2 Å². The zero-order valence-corrected chi connectivity index (χ0v) is 6.95. The fourth-order valence-electron chi connectivity index (χ4n) is 1.62. The number of hydrogen-bond donors (Lipinski definition) is 0. The van der Waals surface area contributed by atoms with Crippen LogP contribution in [0.15, 0.2) is 12.2 Å². The first-order valence-electron chi connectivity index (χ1n) is 3.76. The molecule has 3 atom stereocenters. The second-order valence-electron chi connectivity index (χ2n) is 2.98. The number of ether oxygens (including phenoxy) is 1. The molecule has 2 rings (SSSR count). The van der Waals surface area contributed by atoms with Gasteiger partial charge in [0.25, 0.3) is 0 Å². The van der Waals surface area contributed by atoms with Crippen LogP contribution in [-0.2, 0) is 14.3 Å². The highest BCUT2D eigenvalue weighted by Gasteiger charge is 2.48. The molecule has 0 radical (unpaired) electrons. The highest BCUT2D eigenvalue weighted by atomic mass is 35.5. The summed E-state index contributed by atoms with van der Waals surface area (Å²) in [7, 11) is 0. The van der Waals surface area contributed by atoms with Crippen LogP contribution in [0.5, 0.6) is 0 Å². The smallest absolute Gasteiger partial charge is 0.319 e. The number of carbonyl (C=O) groups is 2.